The van der Waals surface area contributed by atoms with Crippen LogP contribution in [0.2, 0.25) is 0 Å². The molecule has 0 aliphatic rings. The second kappa shape index (κ2) is 4.85. The van der Waals surface area contributed by atoms with Gasteiger partial charge in [0.2, 0.25) is 0 Å². The van der Waals surface area contributed by atoms with E-state index in [0.29, 0.717) is 6.04 Å². The fraction of sp³-hybridized carbons (Fsp3) is 0.545. The summed E-state index contributed by atoms with van der Waals surface area (Å²) in [5.41, 5.74) is 2.27. The van der Waals surface area contributed by atoms with Crippen LogP contribution in [0.1, 0.15) is 32.9 Å². The Morgan fingerprint density at radius 3 is 2.62 bits per heavy atom. The highest BCUT2D eigenvalue weighted by atomic mass is 14.9. The van der Waals surface area contributed by atoms with E-state index in [4.69, 9.17) is 0 Å². The Kier molecular flexibility index (Phi) is 3.74. The minimum Gasteiger partial charge on any atom is -0.381 e. The summed E-state index contributed by atoms with van der Waals surface area (Å²) < 4.78 is 0. The first-order valence-electron chi connectivity index (χ1n) is 4.97. The topological polar surface area (TPSA) is 24.9 Å². The first-order valence-corrected chi connectivity index (χ1v) is 4.97. The number of aryl methyl sites for hydroxylation is 1. The van der Waals surface area contributed by atoms with Gasteiger partial charge in [-0.25, -0.2) is 0 Å². The number of pyridine rings is 1. The maximum atomic E-state index is 4.32. The molecule has 0 aromatic carbocycles. The standard InChI is InChI=1S/C11H18N2/c1-4-9(3)13-11-7-6-10(5-2)12-8-11/h6-9,13H,4-5H2,1-3H3. The van der Waals surface area contributed by atoms with Crippen LogP contribution < -0.4 is 5.32 Å². The van der Waals surface area contributed by atoms with Gasteiger partial charge in [-0.1, -0.05) is 13.8 Å². The van der Waals surface area contributed by atoms with E-state index in [-0.39, 0.29) is 0 Å². The Bertz CT molecular complexity index is 241. The SMILES string of the molecule is CCc1ccc(NC(C)CC)cn1. The molecule has 72 valence electrons. The second-order valence-electron chi connectivity index (χ2n) is 3.35. The van der Waals surface area contributed by atoms with E-state index in [9.17, 15) is 0 Å². The van der Waals surface area contributed by atoms with E-state index in [1.807, 2.05) is 6.20 Å². The van der Waals surface area contributed by atoms with Crippen LogP contribution >= 0.6 is 0 Å². The van der Waals surface area contributed by atoms with Crippen molar-refractivity contribution in [1.82, 2.24) is 4.98 Å². The molecule has 1 atom stereocenters. The Morgan fingerprint density at radius 2 is 2.15 bits per heavy atom. The molecule has 1 N–H and O–H groups in total. The molecule has 0 saturated carbocycles. The van der Waals surface area contributed by atoms with Crippen LogP contribution in [0.4, 0.5) is 5.69 Å². The van der Waals surface area contributed by atoms with Crippen LogP contribution in [0, 0.1) is 0 Å². The molecule has 0 fully saturated rings. The summed E-state index contributed by atoms with van der Waals surface area (Å²) in [6.45, 7) is 6.46. The summed E-state index contributed by atoms with van der Waals surface area (Å²) in [4.78, 5) is 4.32. The van der Waals surface area contributed by atoms with Gasteiger partial charge in [-0.05, 0) is 31.9 Å². The molecule has 2 nitrogen and oxygen atoms in total. The number of aromatic nitrogens is 1. The van der Waals surface area contributed by atoms with Crippen molar-refractivity contribution in [3.63, 3.8) is 0 Å². The molecule has 0 amide bonds. The monoisotopic (exact) mass is 178 g/mol. The number of nitrogens with zero attached hydrogens (tertiary/aromatic N) is 1. The zero-order valence-corrected chi connectivity index (χ0v) is 8.67. The van der Waals surface area contributed by atoms with Crippen molar-refractivity contribution in [3.8, 4) is 0 Å². The third kappa shape index (κ3) is 3.05. The second-order valence-corrected chi connectivity index (χ2v) is 3.35. The van der Waals surface area contributed by atoms with E-state index in [1.54, 1.807) is 0 Å². The molecular weight excluding hydrogens is 160 g/mol. The number of rotatable bonds is 4. The summed E-state index contributed by atoms with van der Waals surface area (Å²) in [7, 11) is 0. The van der Waals surface area contributed by atoms with Crippen LogP contribution in [0.25, 0.3) is 0 Å². The molecular formula is C11H18N2. The molecule has 0 spiro atoms. The first-order chi connectivity index (χ1) is 6.26. The zero-order valence-electron chi connectivity index (χ0n) is 8.67. The summed E-state index contributed by atoms with van der Waals surface area (Å²) in [6, 6.07) is 4.69. The molecule has 0 aliphatic heterocycles. The van der Waals surface area contributed by atoms with Crippen LogP contribution in [0.5, 0.6) is 0 Å². The fourth-order valence-corrected chi connectivity index (χ4v) is 1.11. The van der Waals surface area contributed by atoms with E-state index < -0.39 is 0 Å². The molecule has 1 rings (SSSR count). The third-order valence-electron chi connectivity index (χ3n) is 2.21. The quantitative estimate of drug-likeness (QED) is 0.766. The lowest BCUT2D eigenvalue weighted by molar-refractivity contribution is 0.763. The number of hydrogen-bond donors (Lipinski definition) is 1. The van der Waals surface area contributed by atoms with Crippen molar-refractivity contribution in [2.45, 2.75) is 39.7 Å². The highest BCUT2D eigenvalue weighted by Gasteiger charge is 1.98. The van der Waals surface area contributed by atoms with Crippen LogP contribution in [-0.2, 0) is 6.42 Å². The first kappa shape index (κ1) is 10.0. The van der Waals surface area contributed by atoms with Gasteiger partial charge in [-0.15, -0.1) is 0 Å². The molecule has 0 radical (unpaired) electrons. The van der Waals surface area contributed by atoms with E-state index in [0.717, 1.165) is 24.2 Å². The van der Waals surface area contributed by atoms with Crippen LogP contribution in [0.15, 0.2) is 18.3 Å². The molecule has 0 bridgehead atoms. The van der Waals surface area contributed by atoms with Gasteiger partial charge < -0.3 is 5.32 Å². The number of anilines is 1. The molecule has 1 aromatic rings. The minimum atomic E-state index is 0.522. The van der Waals surface area contributed by atoms with Crippen molar-refractivity contribution in [3.05, 3.63) is 24.0 Å². The van der Waals surface area contributed by atoms with Gasteiger partial charge >= 0.3 is 0 Å². The van der Waals surface area contributed by atoms with Crippen molar-refractivity contribution in [2.24, 2.45) is 0 Å². The average molecular weight is 178 g/mol. The molecule has 1 aromatic heterocycles. The normalized spacial score (nSPS) is 12.5. The van der Waals surface area contributed by atoms with Gasteiger partial charge in [-0.3, -0.25) is 4.98 Å². The molecule has 1 heterocycles. The summed E-state index contributed by atoms with van der Waals surface area (Å²) >= 11 is 0. The van der Waals surface area contributed by atoms with Crippen LogP contribution in [-0.4, -0.2) is 11.0 Å². The average Bonchev–Trinajstić information content (AvgIpc) is 2.19. The third-order valence-corrected chi connectivity index (χ3v) is 2.21. The Hall–Kier alpha value is -1.05. The summed E-state index contributed by atoms with van der Waals surface area (Å²) in [6.07, 6.45) is 4.05. The number of nitrogens with one attached hydrogen (secondary N) is 1. The van der Waals surface area contributed by atoms with Gasteiger partial charge in [0.25, 0.3) is 0 Å². The highest BCUT2D eigenvalue weighted by molar-refractivity contribution is 5.41. The predicted molar refractivity (Wildman–Crippen MR) is 57.0 cm³/mol. The Morgan fingerprint density at radius 1 is 1.38 bits per heavy atom. The maximum Gasteiger partial charge on any atom is 0.0528 e. The highest BCUT2D eigenvalue weighted by Crippen LogP contribution is 2.08. The fourth-order valence-electron chi connectivity index (χ4n) is 1.11. The van der Waals surface area contributed by atoms with E-state index in [1.165, 1.54) is 0 Å². The van der Waals surface area contributed by atoms with Crippen molar-refractivity contribution < 1.29 is 0 Å². The van der Waals surface area contributed by atoms with Gasteiger partial charge in [0, 0.05) is 11.7 Å². The lowest BCUT2D eigenvalue weighted by Gasteiger charge is -2.12. The molecule has 1 unspecified atom stereocenters. The minimum absolute atomic E-state index is 0.522. The predicted octanol–water partition coefficient (Wildman–Crippen LogP) is 2.85. The lowest BCUT2D eigenvalue weighted by atomic mass is 10.2. The number of hydrogen-bond acceptors (Lipinski definition) is 2. The Labute approximate surface area is 80.4 Å². The van der Waals surface area contributed by atoms with Gasteiger partial charge in [0.1, 0.15) is 0 Å². The molecule has 13 heavy (non-hydrogen) atoms. The van der Waals surface area contributed by atoms with Gasteiger partial charge in [0.05, 0.1) is 11.9 Å². The Balaban J connectivity index is 2.58. The molecule has 2 heteroatoms. The van der Waals surface area contributed by atoms with Crippen molar-refractivity contribution >= 4 is 5.69 Å². The van der Waals surface area contributed by atoms with Crippen LogP contribution in [0.3, 0.4) is 0 Å². The smallest absolute Gasteiger partial charge is 0.0528 e. The molecule has 0 aliphatic carbocycles. The van der Waals surface area contributed by atoms with E-state index in [2.05, 4.69) is 43.2 Å². The lowest BCUT2D eigenvalue weighted by Crippen LogP contribution is -2.13. The van der Waals surface area contributed by atoms with Crippen molar-refractivity contribution in [2.75, 3.05) is 5.32 Å². The van der Waals surface area contributed by atoms with Crippen molar-refractivity contribution in [1.29, 1.82) is 0 Å². The van der Waals surface area contributed by atoms with Gasteiger partial charge in [-0.2, -0.15) is 0 Å². The summed E-state index contributed by atoms with van der Waals surface area (Å²) in [5, 5.41) is 3.38. The van der Waals surface area contributed by atoms with E-state index >= 15 is 0 Å². The zero-order chi connectivity index (χ0) is 9.68. The maximum absolute atomic E-state index is 4.32. The van der Waals surface area contributed by atoms with Gasteiger partial charge in [0.15, 0.2) is 0 Å². The largest absolute Gasteiger partial charge is 0.381 e. The molecule has 0 saturated heterocycles. The summed E-state index contributed by atoms with van der Waals surface area (Å²) in [5.74, 6) is 0.